The van der Waals surface area contributed by atoms with E-state index in [-0.39, 0.29) is 19.0 Å². The van der Waals surface area contributed by atoms with Crippen LogP contribution in [0.5, 0.6) is 0 Å². The molecule has 0 N–H and O–H groups in total. The van der Waals surface area contributed by atoms with E-state index in [2.05, 4.69) is 4.84 Å². The number of carbonyl (C=O) groups is 1. The van der Waals surface area contributed by atoms with E-state index in [1.165, 1.54) is 0 Å². The monoisotopic (exact) mass is 341 g/mol. The highest BCUT2D eigenvalue weighted by molar-refractivity contribution is 6.35. The van der Waals surface area contributed by atoms with Gasteiger partial charge >= 0.3 is 12.1 Å². The van der Waals surface area contributed by atoms with E-state index in [4.69, 9.17) is 23.2 Å². The lowest BCUT2D eigenvalue weighted by atomic mass is 9.90. The van der Waals surface area contributed by atoms with E-state index in [0.29, 0.717) is 22.9 Å². The van der Waals surface area contributed by atoms with Crippen LogP contribution in [0.4, 0.5) is 13.2 Å². The Kier molecular flexibility index (Phi) is 5.01. The zero-order valence-electron chi connectivity index (χ0n) is 10.8. The van der Waals surface area contributed by atoms with Crippen molar-refractivity contribution in [2.45, 2.75) is 24.9 Å². The van der Waals surface area contributed by atoms with Crippen LogP contribution in [0.25, 0.3) is 0 Å². The van der Waals surface area contributed by atoms with Crippen molar-refractivity contribution in [3.8, 4) is 0 Å². The molecule has 1 aliphatic rings. The normalized spacial score (nSPS) is 17.8. The standard InChI is InChI=1S/C13H12Cl2F3NO2/c14-9-1-2-10(11(15)7-9)8-3-5-19(6-4-8)21-12(20)13(16,17)18/h1-2,7-8H,3-6H2. The maximum atomic E-state index is 12.1. The molecule has 0 aliphatic carbocycles. The summed E-state index contributed by atoms with van der Waals surface area (Å²) in [4.78, 5) is 15.1. The van der Waals surface area contributed by atoms with Crippen LogP contribution in [0.3, 0.4) is 0 Å². The molecule has 0 spiro atoms. The lowest BCUT2D eigenvalue weighted by Crippen LogP contribution is -2.39. The molecule has 1 saturated heterocycles. The second kappa shape index (κ2) is 6.42. The molecule has 21 heavy (non-hydrogen) atoms. The maximum Gasteiger partial charge on any atom is 0.492 e. The SMILES string of the molecule is O=C(ON1CCC(c2ccc(Cl)cc2Cl)CC1)C(F)(F)F. The molecule has 2 rings (SSSR count). The predicted molar refractivity (Wildman–Crippen MR) is 72.2 cm³/mol. The van der Waals surface area contributed by atoms with Crippen LogP contribution >= 0.6 is 23.2 Å². The number of nitrogens with zero attached hydrogens (tertiary/aromatic N) is 1. The second-order valence-electron chi connectivity index (χ2n) is 4.75. The van der Waals surface area contributed by atoms with Gasteiger partial charge < -0.3 is 4.84 Å². The first-order valence-electron chi connectivity index (χ1n) is 6.26. The zero-order chi connectivity index (χ0) is 15.6. The Labute approximate surface area is 129 Å². The summed E-state index contributed by atoms with van der Waals surface area (Å²) in [5, 5.41) is 2.10. The number of halogens is 5. The molecule has 0 radical (unpaired) electrons. The Morgan fingerprint density at radius 2 is 1.86 bits per heavy atom. The van der Waals surface area contributed by atoms with Gasteiger partial charge in [0.2, 0.25) is 0 Å². The molecule has 0 aromatic heterocycles. The number of hydrogen-bond donors (Lipinski definition) is 0. The van der Waals surface area contributed by atoms with Gasteiger partial charge in [0.25, 0.3) is 0 Å². The molecule has 1 heterocycles. The smallest absolute Gasteiger partial charge is 0.361 e. The van der Waals surface area contributed by atoms with E-state index in [1.807, 2.05) is 6.07 Å². The molecule has 0 saturated carbocycles. The summed E-state index contributed by atoms with van der Waals surface area (Å²) in [7, 11) is 0. The molecule has 116 valence electrons. The minimum absolute atomic E-state index is 0.107. The molecule has 0 bridgehead atoms. The van der Waals surface area contributed by atoms with Gasteiger partial charge in [0.15, 0.2) is 0 Å². The van der Waals surface area contributed by atoms with Gasteiger partial charge in [-0.25, -0.2) is 4.79 Å². The van der Waals surface area contributed by atoms with Gasteiger partial charge in [-0.1, -0.05) is 29.3 Å². The third-order valence-electron chi connectivity index (χ3n) is 3.30. The van der Waals surface area contributed by atoms with Gasteiger partial charge in [-0.15, -0.1) is 5.06 Å². The number of benzene rings is 1. The fourth-order valence-electron chi connectivity index (χ4n) is 2.26. The van der Waals surface area contributed by atoms with Crippen molar-refractivity contribution in [1.29, 1.82) is 0 Å². The van der Waals surface area contributed by atoms with Crippen molar-refractivity contribution in [1.82, 2.24) is 5.06 Å². The van der Waals surface area contributed by atoms with Crippen LogP contribution in [-0.2, 0) is 9.63 Å². The molecule has 1 aromatic rings. The second-order valence-corrected chi connectivity index (χ2v) is 5.59. The lowest BCUT2D eigenvalue weighted by Gasteiger charge is -2.31. The molecular formula is C13H12Cl2F3NO2. The van der Waals surface area contributed by atoms with Crippen LogP contribution in [0.2, 0.25) is 10.0 Å². The topological polar surface area (TPSA) is 29.5 Å². The first-order chi connectivity index (χ1) is 9.77. The van der Waals surface area contributed by atoms with Gasteiger partial charge in [0.1, 0.15) is 0 Å². The highest BCUT2D eigenvalue weighted by atomic mass is 35.5. The first-order valence-corrected chi connectivity index (χ1v) is 7.02. The summed E-state index contributed by atoms with van der Waals surface area (Å²) in [6, 6.07) is 5.17. The van der Waals surface area contributed by atoms with Gasteiger partial charge in [0.05, 0.1) is 0 Å². The highest BCUT2D eigenvalue weighted by Gasteiger charge is 2.43. The van der Waals surface area contributed by atoms with Crippen LogP contribution in [-0.4, -0.2) is 30.3 Å². The molecule has 8 heteroatoms. The van der Waals surface area contributed by atoms with Crippen LogP contribution < -0.4 is 0 Å². The van der Waals surface area contributed by atoms with Gasteiger partial charge in [0, 0.05) is 23.1 Å². The van der Waals surface area contributed by atoms with Gasteiger partial charge in [-0.3, -0.25) is 0 Å². The summed E-state index contributed by atoms with van der Waals surface area (Å²) in [6.07, 6.45) is -3.88. The molecule has 0 unspecified atom stereocenters. The Morgan fingerprint density at radius 3 is 2.38 bits per heavy atom. The molecule has 3 nitrogen and oxygen atoms in total. The number of alkyl halides is 3. The molecule has 0 amide bonds. The zero-order valence-corrected chi connectivity index (χ0v) is 12.3. The summed E-state index contributed by atoms with van der Waals surface area (Å²) in [5.74, 6) is -2.08. The summed E-state index contributed by atoms with van der Waals surface area (Å²) in [6.45, 7) is 0.455. The largest absolute Gasteiger partial charge is 0.492 e. The Balaban J connectivity index is 1.93. The fraction of sp³-hybridized carbons (Fsp3) is 0.462. The van der Waals surface area contributed by atoms with E-state index in [0.717, 1.165) is 10.6 Å². The van der Waals surface area contributed by atoms with Crippen molar-refractivity contribution in [3.05, 3.63) is 33.8 Å². The van der Waals surface area contributed by atoms with Crippen LogP contribution in [0.15, 0.2) is 18.2 Å². The highest BCUT2D eigenvalue weighted by Crippen LogP contribution is 2.34. The molecule has 1 fully saturated rings. The Hall–Kier alpha value is -0.980. The lowest BCUT2D eigenvalue weighted by molar-refractivity contribution is -0.241. The summed E-state index contributed by atoms with van der Waals surface area (Å²) < 4.78 is 36.3. The molecule has 0 atom stereocenters. The summed E-state index contributed by atoms with van der Waals surface area (Å²) >= 11 is 11.9. The average Bonchev–Trinajstić information content (AvgIpc) is 2.39. The Bertz CT molecular complexity index is 529. The van der Waals surface area contributed by atoms with E-state index >= 15 is 0 Å². The van der Waals surface area contributed by atoms with Crippen molar-refractivity contribution >= 4 is 29.2 Å². The number of rotatable bonds is 2. The predicted octanol–water partition coefficient (Wildman–Crippen LogP) is 4.19. The third-order valence-corrected chi connectivity index (χ3v) is 3.86. The minimum atomic E-state index is -4.98. The average molecular weight is 342 g/mol. The van der Waals surface area contributed by atoms with E-state index < -0.39 is 12.1 Å². The van der Waals surface area contributed by atoms with Gasteiger partial charge in [-0.2, -0.15) is 13.2 Å². The van der Waals surface area contributed by atoms with Crippen molar-refractivity contribution in [3.63, 3.8) is 0 Å². The number of carbonyl (C=O) groups excluding carboxylic acids is 1. The number of hydroxylamine groups is 2. The van der Waals surface area contributed by atoms with Crippen molar-refractivity contribution in [2.24, 2.45) is 0 Å². The number of hydrogen-bond acceptors (Lipinski definition) is 3. The van der Waals surface area contributed by atoms with E-state index in [1.54, 1.807) is 12.1 Å². The van der Waals surface area contributed by atoms with Crippen molar-refractivity contribution in [2.75, 3.05) is 13.1 Å². The maximum absolute atomic E-state index is 12.1. The third kappa shape index (κ3) is 4.25. The van der Waals surface area contributed by atoms with Crippen LogP contribution in [0.1, 0.15) is 24.3 Å². The van der Waals surface area contributed by atoms with Crippen molar-refractivity contribution < 1.29 is 22.8 Å². The number of piperidine rings is 1. The quantitative estimate of drug-likeness (QED) is 0.807. The minimum Gasteiger partial charge on any atom is -0.361 e. The fourth-order valence-corrected chi connectivity index (χ4v) is 2.82. The molecule has 1 aromatic carbocycles. The molecule has 1 aliphatic heterocycles. The first kappa shape index (κ1) is 16.4. The summed E-state index contributed by atoms with van der Waals surface area (Å²) in [5.41, 5.74) is 0.905. The molecular weight excluding hydrogens is 330 g/mol. The van der Waals surface area contributed by atoms with E-state index in [9.17, 15) is 18.0 Å². The Morgan fingerprint density at radius 1 is 1.24 bits per heavy atom. The van der Waals surface area contributed by atoms with Gasteiger partial charge in [-0.05, 0) is 36.5 Å². The van der Waals surface area contributed by atoms with Crippen LogP contribution in [0, 0.1) is 0 Å².